The van der Waals surface area contributed by atoms with Crippen LogP contribution in [0.3, 0.4) is 0 Å². The molecule has 17 heavy (non-hydrogen) atoms. The standard InChI is InChI=1S/C10H14N6O/c1-2-3-6-4-8(15-14-6)13-10(17)9-7(11)5-12-16-9/h4-5H,2-3,11H2,1H3,(H,12,16)(H2,13,14,15,17). The molecular weight excluding hydrogens is 220 g/mol. The van der Waals surface area contributed by atoms with Gasteiger partial charge in [-0.3, -0.25) is 15.0 Å². The number of aryl methyl sites for hydroxylation is 1. The van der Waals surface area contributed by atoms with E-state index >= 15 is 0 Å². The Hall–Kier alpha value is -2.31. The van der Waals surface area contributed by atoms with E-state index in [0.29, 0.717) is 11.5 Å². The first-order valence-electron chi connectivity index (χ1n) is 5.35. The van der Waals surface area contributed by atoms with Crippen LogP contribution in [0.15, 0.2) is 12.3 Å². The molecule has 0 aromatic carbocycles. The molecule has 0 aliphatic rings. The number of anilines is 2. The van der Waals surface area contributed by atoms with Gasteiger partial charge in [-0.15, -0.1) is 0 Å². The monoisotopic (exact) mass is 234 g/mol. The second-order valence-corrected chi connectivity index (χ2v) is 3.68. The number of amides is 1. The first-order valence-corrected chi connectivity index (χ1v) is 5.35. The minimum atomic E-state index is -0.352. The largest absolute Gasteiger partial charge is 0.396 e. The van der Waals surface area contributed by atoms with Crippen molar-refractivity contribution in [2.24, 2.45) is 0 Å². The van der Waals surface area contributed by atoms with Gasteiger partial charge in [0.25, 0.3) is 5.91 Å². The smallest absolute Gasteiger partial charge is 0.277 e. The normalized spacial score (nSPS) is 10.4. The fraction of sp³-hybridized carbons (Fsp3) is 0.300. The van der Waals surface area contributed by atoms with Gasteiger partial charge in [-0.1, -0.05) is 13.3 Å². The molecule has 0 bridgehead atoms. The Morgan fingerprint density at radius 1 is 1.53 bits per heavy atom. The van der Waals surface area contributed by atoms with Crippen LogP contribution in [0, 0.1) is 0 Å². The predicted molar refractivity (Wildman–Crippen MR) is 63.5 cm³/mol. The van der Waals surface area contributed by atoms with Crippen molar-refractivity contribution in [1.82, 2.24) is 20.4 Å². The number of nitrogens with two attached hydrogens (primary N) is 1. The van der Waals surface area contributed by atoms with Gasteiger partial charge in [0.05, 0.1) is 11.9 Å². The third-order valence-corrected chi connectivity index (χ3v) is 2.29. The van der Waals surface area contributed by atoms with Crippen molar-refractivity contribution in [2.75, 3.05) is 11.1 Å². The first-order chi connectivity index (χ1) is 8.20. The lowest BCUT2D eigenvalue weighted by molar-refractivity contribution is 0.102. The van der Waals surface area contributed by atoms with Gasteiger partial charge in [0.2, 0.25) is 0 Å². The number of aromatic nitrogens is 4. The topological polar surface area (TPSA) is 112 Å². The zero-order valence-electron chi connectivity index (χ0n) is 9.45. The Bertz CT molecular complexity index is 514. The number of aromatic amines is 2. The van der Waals surface area contributed by atoms with Crippen molar-refractivity contribution in [3.05, 3.63) is 23.7 Å². The molecule has 7 heteroatoms. The van der Waals surface area contributed by atoms with E-state index in [0.717, 1.165) is 18.5 Å². The van der Waals surface area contributed by atoms with Crippen molar-refractivity contribution >= 4 is 17.4 Å². The van der Waals surface area contributed by atoms with Gasteiger partial charge >= 0.3 is 0 Å². The predicted octanol–water partition coefficient (Wildman–Crippen LogP) is 0.920. The third-order valence-electron chi connectivity index (χ3n) is 2.29. The maximum absolute atomic E-state index is 11.7. The van der Waals surface area contributed by atoms with E-state index in [1.165, 1.54) is 6.20 Å². The van der Waals surface area contributed by atoms with Crippen LogP contribution in [0.5, 0.6) is 0 Å². The van der Waals surface area contributed by atoms with Crippen LogP contribution < -0.4 is 11.1 Å². The Kier molecular flexibility index (Phi) is 3.08. The van der Waals surface area contributed by atoms with Gasteiger partial charge in [0.1, 0.15) is 5.69 Å². The lowest BCUT2D eigenvalue weighted by atomic mass is 10.2. The van der Waals surface area contributed by atoms with Gasteiger partial charge in [-0.25, -0.2) is 0 Å². The Labute approximate surface area is 97.8 Å². The number of carbonyl (C=O) groups is 1. The maximum Gasteiger partial charge on any atom is 0.277 e. The second kappa shape index (κ2) is 4.69. The molecule has 2 heterocycles. The summed E-state index contributed by atoms with van der Waals surface area (Å²) < 4.78 is 0. The van der Waals surface area contributed by atoms with Gasteiger partial charge in [-0.2, -0.15) is 10.2 Å². The minimum absolute atomic E-state index is 0.241. The van der Waals surface area contributed by atoms with Crippen molar-refractivity contribution in [1.29, 1.82) is 0 Å². The summed E-state index contributed by atoms with van der Waals surface area (Å²) in [6.45, 7) is 2.07. The molecule has 0 radical (unpaired) electrons. The van der Waals surface area contributed by atoms with Gasteiger partial charge in [0.15, 0.2) is 5.82 Å². The van der Waals surface area contributed by atoms with Crippen LogP contribution in [0.25, 0.3) is 0 Å². The van der Waals surface area contributed by atoms with E-state index in [1.807, 2.05) is 0 Å². The highest BCUT2D eigenvalue weighted by Gasteiger charge is 2.13. The maximum atomic E-state index is 11.7. The summed E-state index contributed by atoms with van der Waals surface area (Å²) in [5.74, 6) is 0.127. The molecule has 0 saturated heterocycles. The molecule has 2 aromatic rings. The number of H-pyrrole nitrogens is 2. The Morgan fingerprint density at radius 3 is 3.00 bits per heavy atom. The number of hydrogen-bond acceptors (Lipinski definition) is 4. The van der Waals surface area contributed by atoms with Crippen LogP contribution in [0.2, 0.25) is 0 Å². The molecule has 2 aromatic heterocycles. The van der Waals surface area contributed by atoms with E-state index in [9.17, 15) is 4.79 Å². The SMILES string of the molecule is CCCc1cc(NC(=O)c2[nH]ncc2N)n[nH]1. The molecule has 7 nitrogen and oxygen atoms in total. The van der Waals surface area contributed by atoms with Crippen molar-refractivity contribution in [3.8, 4) is 0 Å². The molecule has 5 N–H and O–H groups in total. The lowest BCUT2D eigenvalue weighted by Crippen LogP contribution is -2.14. The van der Waals surface area contributed by atoms with Crippen molar-refractivity contribution < 1.29 is 4.79 Å². The number of carbonyl (C=O) groups excluding carboxylic acids is 1. The summed E-state index contributed by atoms with van der Waals surface area (Å²) in [5.41, 5.74) is 7.10. The highest BCUT2D eigenvalue weighted by Crippen LogP contribution is 2.11. The van der Waals surface area contributed by atoms with E-state index in [-0.39, 0.29) is 11.6 Å². The Balaban J connectivity index is 2.05. The van der Waals surface area contributed by atoms with Crippen molar-refractivity contribution in [3.63, 3.8) is 0 Å². The van der Waals surface area contributed by atoms with E-state index < -0.39 is 0 Å². The number of rotatable bonds is 4. The van der Waals surface area contributed by atoms with Crippen LogP contribution >= 0.6 is 0 Å². The van der Waals surface area contributed by atoms with Crippen LogP contribution in [-0.4, -0.2) is 26.3 Å². The molecule has 0 aliphatic heterocycles. The zero-order chi connectivity index (χ0) is 12.3. The molecule has 0 aliphatic carbocycles. The van der Waals surface area contributed by atoms with Crippen LogP contribution in [0.1, 0.15) is 29.5 Å². The second-order valence-electron chi connectivity index (χ2n) is 3.68. The molecule has 0 saturated carbocycles. The van der Waals surface area contributed by atoms with Gasteiger partial charge < -0.3 is 11.1 Å². The molecule has 2 rings (SSSR count). The lowest BCUT2D eigenvalue weighted by Gasteiger charge is -1.99. The van der Waals surface area contributed by atoms with E-state index in [1.54, 1.807) is 6.07 Å². The molecular formula is C10H14N6O. The average Bonchev–Trinajstić information content (AvgIpc) is 2.88. The number of nitrogens with zero attached hydrogens (tertiary/aromatic N) is 2. The summed E-state index contributed by atoms with van der Waals surface area (Å²) in [7, 11) is 0. The fourth-order valence-electron chi connectivity index (χ4n) is 1.48. The van der Waals surface area contributed by atoms with Gasteiger partial charge in [-0.05, 0) is 6.42 Å². The molecule has 0 unspecified atom stereocenters. The summed E-state index contributed by atoms with van der Waals surface area (Å²) in [6, 6.07) is 1.80. The quantitative estimate of drug-likeness (QED) is 0.630. The fourth-order valence-corrected chi connectivity index (χ4v) is 1.48. The third kappa shape index (κ3) is 2.44. The molecule has 0 fully saturated rings. The van der Waals surface area contributed by atoms with E-state index in [4.69, 9.17) is 5.73 Å². The van der Waals surface area contributed by atoms with Gasteiger partial charge in [0, 0.05) is 11.8 Å². The summed E-state index contributed by atoms with van der Waals surface area (Å²) in [6.07, 6.45) is 3.31. The Morgan fingerprint density at radius 2 is 2.35 bits per heavy atom. The number of nitrogen functional groups attached to an aromatic ring is 1. The highest BCUT2D eigenvalue weighted by atomic mass is 16.2. The first kappa shape index (κ1) is 11.2. The van der Waals surface area contributed by atoms with Crippen LogP contribution in [-0.2, 0) is 6.42 Å². The zero-order valence-corrected chi connectivity index (χ0v) is 9.45. The molecule has 0 atom stereocenters. The average molecular weight is 234 g/mol. The summed E-state index contributed by atoms with van der Waals surface area (Å²) >= 11 is 0. The minimum Gasteiger partial charge on any atom is -0.396 e. The molecule has 90 valence electrons. The van der Waals surface area contributed by atoms with E-state index in [2.05, 4.69) is 32.6 Å². The summed E-state index contributed by atoms with van der Waals surface area (Å²) in [4.78, 5) is 11.7. The summed E-state index contributed by atoms with van der Waals surface area (Å²) in [5, 5.41) is 15.7. The van der Waals surface area contributed by atoms with Crippen molar-refractivity contribution in [2.45, 2.75) is 19.8 Å². The number of nitrogens with one attached hydrogen (secondary N) is 3. The van der Waals surface area contributed by atoms with Crippen LogP contribution in [0.4, 0.5) is 11.5 Å². The molecule has 0 spiro atoms. The number of hydrogen-bond donors (Lipinski definition) is 4. The molecule has 1 amide bonds. The highest BCUT2D eigenvalue weighted by molar-refractivity contribution is 6.05.